The van der Waals surface area contributed by atoms with Crippen molar-refractivity contribution in [2.45, 2.75) is 31.6 Å². The molecule has 0 radical (unpaired) electrons. The van der Waals surface area contributed by atoms with Crippen LogP contribution in [-0.4, -0.2) is 4.98 Å². The van der Waals surface area contributed by atoms with E-state index in [0.29, 0.717) is 5.92 Å². The summed E-state index contributed by atoms with van der Waals surface area (Å²) < 4.78 is 6.49. The van der Waals surface area contributed by atoms with Crippen LogP contribution in [0.5, 0.6) is 11.5 Å². The minimum atomic E-state index is 0.711. The fraction of sp³-hybridized carbons (Fsp3) is 0.179. The van der Waals surface area contributed by atoms with Crippen molar-refractivity contribution in [1.29, 1.82) is 0 Å². The highest BCUT2D eigenvalue weighted by Gasteiger charge is 2.24. The number of hydrogen-bond donors (Lipinski definition) is 0. The second-order valence-electron chi connectivity index (χ2n) is 8.72. The Balaban J connectivity index is 1.51. The molecule has 1 saturated carbocycles. The third kappa shape index (κ3) is 2.28. The number of aromatic nitrogens is 1. The van der Waals surface area contributed by atoms with Gasteiger partial charge in [-0.25, -0.2) is 0 Å². The molecule has 144 valence electrons. The van der Waals surface area contributed by atoms with Crippen molar-refractivity contribution >= 4 is 32.3 Å². The molecule has 4 aromatic carbocycles. The molecule has 0 bridgehead atoms. The van der Waals surface area contributed by atoms with E-state index >= 15 is 0 Å². The summed E-state index contributed by atoms with van der Waals surface area (Å²) in [5, 5.41) is 7.31. The molecular weight excluding hydrogens is 366 g/mol. The summed E-state index contributed by atoms with van der Waals surface area (Å²) in [4.78, 5) is 4.79. The zero-order valence-corrected chi connectivity index (χ0v) is 16.7. The van der Waals surface area contributed by atoms with E-state index in [1.807, 2.05) is 6.20 Å². The summed E-state index contributed by atoms with van der Waals surface area (Å²) in [5.41, 5.74) is 3.58. The first kappa shape index (κ1) is 16.4. The van der Waals surface area contributed by atoms with Crippen LogP contribution in [0.15, 0.2) is 72.9 Å². The predicted octanol–water partition coefficient (Wildman–Crippen LogP) is 7.97. The van der Waals surface area contributed by atoms with Gasteiger partial charge in [0.1, 0.15) is 11.5 Å². The number of ether oxygens (including phenoxy) is 1. The molecule has 0 N–H and O–H groups in total. The van der Waals surface area contributed by atoms with Gasteiger partial charge in [0.25, 0.3) is 0 Å². The third-order valence-corrected chi connectivity index (χ3v) is 7.00. The molecule has 0 spiro atoms. The van der Waals surface area contributed by atoms with Crippen molar-refractivity contribution in [2.24, 2.45) is 0 Å². The van der Waals surface area contributed by atoms with Crippen LogP contribution in [0, 0.1) is 0 Å². The summed E-state index contributed by atoms with van der Waals surface area (Å²) >= 11 is 0. The van der Waals surface area contributed by atoms with Crippen LogP contribution in [0.1, 0.15) is 37.2 Å². The summed E-state index contributed by atoms with van der Waals surface area (Å²) in [5.74, 6) is 2.53. The van der Waals surface area contributed by atoms with E-state index in [1.165, 1.54) is 58.2 Å². The Morgan fingerprint density at radius 1 is 0.733 bits per heavy atom. The van der Waals surface area contributed by atoms with E-state index in [0.717, 1.165) is 28.1 Å². The first-order valence-electron chi connectivity index (χ1n) is 10.9. The van der Waals surface area contributed by atoms with Crippen LogP contribution < -0.4 is 4.74 Å². The van der Waals surface area contributed by atoms with Crippen LogP contribution >= 0.6 is 0 Å². The van der Waals surface area contributed by atoms with Crippen LogP contribution in [0.3, 0.4) is 0 Å². The van der Waals surface area contributed by atoms with Gasteiger partial charge in [0.05, 0.1) is 11.1 Å². The molecule has 5 aromatic rings. The van der Waals surface area contributed by atoms with Crippen molar-refractivity contribution in [2.75, 3.05) is 0 Å². The largest absolute Gasteiger partial charge is 0.456 e. The van der Waals surface area contributed by atoms with Crippen LogP contribution in [0.4, 0.5) is 0 Å². The minimum absolute atomic E-state index is 0.711. The molecule has 1 aromatic heterocycles. The number of nitrogens with zero attached hydrogens (tertiary/aromatic N) is 1. The Bertz CT molecular complexity index is 1480. The second-order valence-corrected chi connectivity index (χ2v) is 8.72. The maximum absolute atomic E-state index is 6.49. The van der Waals surface area contributed by atoms with Crippen LogP contribution in [0.25, 0.3) is 43.6 Å². The normalized spacial score (nSPS) is 15.6. The van der Waals surface area contributed by atoms with Gasteiger partial charge in [-0.15, -0.1) is 0 Å². The van der Waals surface area contributed by atoms with Gasteiger partial charge in [-0.3, -0.25) is 4.98 Å². The molecular formula is C28H21NO. The molecule has 2 heteroatoms. The number of benzene rings is 4. The molecule has 0 saturated heterocycles. The van der Waals surface area contributed by atoms with E-state index < -0.39 is 0 Å². The lowest BCUT2D eigenvalue weighted by atomic mass is 9.91. The lowest BCUT2D eigenvalue weighted by Crippen LogP contribution is -2.00. The Labute approximate surface area is 175 Å². The highest BCUT2D eigenvalue weighted by atomic mass is 16.5. The Hall–Kier alpha value is -3.39. The standard InChI is InChI=1S/C28H21NO/c1-2-6-17(5-1)20-9-10-22-21(13-20)16-26-27-23(22)11-12-29-28(27)24-14-18-7-3-4-8-19(18)15-25(24)30-26/h3-4,7-17H,1-2,5-6H2. The van der Waals surface area contributed by atoms with Crippen molar-refractivity contribution in [3.8, 4) is 22.8 Å². The Morgan fingerprint density at radius 3 is 2.40 bits per heavy atom. The molecule has 2 heterocycles. The van der Waals surface area contributed by atoms with E-state index in [1.54, 1.807) is 0 Å². The lowest BCUT2D eigenvalue weighted by Gasteiger charge is -2.22. The van der Waals surface area contributed by atoms with Gasteiger partial charge in [-0.05, 0) is 75.5 Å². The highest BCUT2D eigenvalue weighted by molar-refractivity contribution is 6.16. The Morgan fingerprint density at radius 2 is 1.53 bits per heavy atom. The summed E-state index contributed by atoms with van der Waals surface area (Å²) in [6.45, 7) is 0. The number of hydrogen-bond acceptors (Lipinski definition) is 2. The maximum atomic E-state index is 6.49. The van der Waals surface area contributed by atoms with Gasteiger partial charge in [0.15, 0.2) is 0 Å². The molecule has 2 nitrogen and oxygen atoms in total. The number of rotatable bonds is 1. The predicted molar refractivity (Wildman–Crippen MR) is 123 cm³/mol. The number of pyridine rings is 1. The van der Waals surface area contributed by atoms with Crippen molar-refractivity contribution < 1.29 is 4.74 Å². The number of fused-ring (bicyclic) bond motifs is 5. The maximum Gasteiger partial charge on any atom is 0.138 e. The molecule has 7 rings (SSSR count). The first-order chi connectivity index (χ1) is 14.8. The van der Waals surface area contributed by atoms with Gasteiger partial charge in [-0.2, -0.15) is 0 Å². The average molecular weight is 387 g/mol. The smallest absolute Gasteiger partial charge is 0.138 e. The molecule has 30 heavy (non-hydrogen) atoms. The third-order valence-electron chi connectivity index (χ3n) is 7.00. The quantitative estimate of drug-likeness (QED) is 0.267. The molecule has 2 aliphatic rings. The SMILES string of the molecule is c1ccc2cc3c(cc2c1)Oc1cc2cc(C4CCCC4)ccc2c2ccnc-3c12. The summed E-state index contributed by atoms with van der Waals surface area (Å²) in [7, 11) is 0. The second kappa shape index (κ2) is 6.06. The van der Waals surface area contributed by atoms with Crippen LogP contribution in [0.2, 0.25) is 0 Å². The lowest BCUT2D eigenvalue weighted by molar-refractivity contribution is 0.488. The van der Waals surface area contributed by atoms with E-state index in [-0.39, 0.29) is 0 Å². The topological polar surface area (TPSA) is 22.1 Å². The minimum Gasteiger partial charge on any atom is -0.456 e. The van der Waals surface area contributed by atoms with Gasteiger partial charge >= 0.3 is 0 Å². The van der Waals surface area contributed by atoms with E-state index in [2.05, 4.69) is 66.7 Å². The van der Waals surface area contributed by atoms with Crippen molar-refractivity contribution in [3.05, 3.63) is 78.5 Å². The first-order valence-corrected chi connectivity index (χ1v) is 10.9. The average Bonchev–Trinajstić information content (AvgIpc) is 3.33. The van der Waals surface area contributed by atoms with Crippen LogP contribution in [-0.2, 0) is 0 Å². The summed E-state index contributed by atoms with van der Waals surface area (Å²) in [6.07, 6.45) is 7.28. The fourth-order valence-corrected chi connectivity index (χ4v) is 5.50. The van der Waals surface area contributed by atoms with Gasteiger partial charge < -0.3 is 4.74 Å². The highest BCUT2D eigenvalue weighted by Crippen LogP contribution is 2.49. The van der Waals surface area contributed by atoms with Gasteiger partial charge in [0, 0.05) is 11.8 Å². The zero-order chi connectivity index (χ0) is 19.7. The molecule has 0 atom stereocenters. The fourth-order valence-electron chi connectivity index (χ4n) is 5.50. The summed E-state index contributed by atoms with van der Waals surface area (Å²) in [6, 6.07) is 24.2. The monoisotopic (exact) mass is 387 g/mol. The van der Waals surface area contributed by atoms with Gasteiger partial charge in [0.2, 0.25) is 0 Å². The Kier molecular flexibility index (Phi) is 3.31. The zero-order valence-electron chi connectivity index (χ0n) is 16.7. The van der Waals surface area contributed by atoms with Crippen molar-refractivity contribution in [1.82, 2.24) is 4.98 Å². The molecule has 1 fully saturated rings. The van der Waals surface area contributed by atoms with Gasteiger partial charge in [-0.1, -0.05) is 55.3 Å². The van der Waals surface area contributed by atoms with Crippen molar-refractivity contribution in [3.63, 3.8) is 0 Å². The van der Waals surface area contributed by atoms with E-state index in [9.17, 15) is 0 Å². The molecule has 0 unspecified atom stereocenters. The molecule has 0 amide bonds. The molecule has 1 aliphatic heterocycles. The van der Waals surface area contributed by atoms with E-state index in [4.69, 9.17) is 9.72 Å². The molecule has 1 aliphatic carbocycles.